The van der Waals surface area contributed by atoms with Crippen molar-refractivity contribution in [3.8, 4) is 10.4 Å². The fourth-order valence-electron chi connectivity index (χ4n) is 1.56. The lowest BCUT2D eigenvalue weighted by Gasteiger charge is -2.19. The molecule has 0 unspecified atom stereocenters. The molecule has 0 atom stereocenters. The fraction of sp³-hybridized carbons (Fsp3) is 0.286. The van der Waals surface area contributed by atoms with Gasteiger partial charge in [-0.15, -0.1) is 11.3 Å². The number of hydrogen-bond donors (Lipinski definition) is 1. The molecule has 0 aliphatic heterocycles. The number of halogens is 1. The number of carbonyl (C=O) groups excluding carboxylic acids is 1. The average Bonchev–Trinajstić information content (AvgIpc) is 2.68. The zero-order valence-electron chi connectivity index (χ0n) is 11.4. The molecule has 0 fully saturated rings. The topological polar surface area (TPSA) is 51.2 Å². The molecule has 0 bridgehead atoms. The van der Waals surface area contributed by atoms with E-state index >= 15 is 0 Å². The number of ether oxygens (including phenoxy) is 1. The third-order valence-corrected chi connectivity index (χ3v) is 3.81. The van der Waals surface area contributed by atoms with E-state index in [0.29, 0.717) is 9.73 Å². The van der Waals surface area contributed by atoms with Crippen molar-refractivity contribution in [2.75, 3.05) is 5.32 Å². The molecule has 0 saturated carbocycles. The maximum absolute atomic E-state index is 11.8. The normalized spacial score (nSPS) is 11.2. The summed E-state index contributed by atoms with van der Waals surface area (Å²) in [5.74, 6) is 0.502. The second-order valence-electron chi connectivity index (χ2n) is 5.14. The van der Waals surface area contributed by atoms with Crippen molar-refractivity contribution in [3.05, 3.63) is 34.2 Å². The molecule has 1 amide bonds. The Bertz CT molecular complexity index is 605. The van der Waals surface area contributed by atoms with Crippen LogP contribution in [0.15, 0.2) is 34.2 Å². The van der Waals surface area contributed by atoms with Gasteiger partial charge >= 0.3 is 6.09 Å². The zero-order chi connectivity index (χ0) is 14.8. The van der Waals surface area contributed by atoms with Crippen LogP contribution in [0.5, 0.6) is 0 Å². The van der Waals surface area contributed by atoms with Crippen LogP contribution in [0.1, 0.15) is 20.8 Å². The van der Waals surface area contributed by atoms with Crippen LogP contribution in [0.25, 0.3) is 10.4 Å². The minimum Gasteiger partial charge on any atom is -0.444 e. The molecule has 106 valence electrons. The van der Waals surface area contributed by atoms with Crippen LogP contribution in [0, 0.1) is 0 Å². The molecule has 2 rings (SSSR count). The predicted molar refractivity (Wildman–Crippen MR) is 85.1 cm³/mol. The smallest absolute Gasteiger partial charge is 0.413 e. The zero-order valence-corrected chi connectivity index (χ0v) is 13.8. The van der Waals surface area contributed by atoms with Gasteiger partial charge in [-0.05, 0) is 42.3 Å². The molecule has 1 aromatic carbocycles. The fourth-order valence-corrected chi connectivity index (χ4v) is 2.98. The lowest BCUT2D eigenvalue weighted by molar-refractivity contribution is 0.0635. The molecule has 4 nitrogen and oxygen atoms in total. The molecule has 2 aromatic rings. The van der Waals surface area contributed by atoms with E-state index in [1.165, 1.54) is 11.3 Å². The third-order valence-electron chi connectivity index (χ3n) is 2.26. The SMILES string of the molecule is CC(C)(C)OC(=O)Nc1nc(Br)sc1-c1ccccc1. The number of benzene rings is 1. The van der Waals surface area contributed by atoms with E-state index < -0.39 is 11.7 Å². The number of amides is 1. The summed E-state index contributed by atoms with van der Waals surface area (Å²) in [6.45, 7) is 5.46. The van der Waals surface area contributed by atoms with Crippen molar-refractivity contribution in [2.24, 2.45) is 0 Å². The van der Waals surface area contributed by atoms with Gasteiger partial charge in [0.25, 0.3) is 0 Å². The van der Waals surface area contributed by atoms with Crippen LogP contribution < -0.4 is 5.32 Å². The molecule has 6 heteroatoms. The van der Waals surface area contributed by atoms with E-state index in [1.54, 1.807) is 0 Å². The minimum atomic E-state index is -0.537. The molecule has 0 aliphatic carbocycles. The molecule has 1 N–H and O–H groups in total. The Morgan fingerprint density at radius 3 is 2.55 bits per heavy atom. The summed E-state index contributed by atoms with van der Waals surface area (Å²) >= 11 is 4.81. The number of rotatable bonds is 2. The quantitative estimate of drug-likeness (QED) is 0.832. The van der Waals surface area contributed by atoms with Gasteiger partial charge in [0, 0.05) is 0 Å². The largest absolute Gasteiger partial charge is 0.444 e. The summed E-state index contributed by atoms with van der Waals surface area (Å²) in [6.07, 6.45) is -0.507. The number of aromatic nitrogens is 1. The third kappa shape index (κ3) is 4.05. The summed E-state index contributed by atoms with van der Waals surface area (Å²) in [6, 6.07) is 9.78. The Kier molecular flexibility index (Phi) is 4.45. The van der Waals surface area contributed by atoms with Crippen molar-refractivity contribution < 1.29 is 9.53 Å². The van der Waals surface area contributed by atoms with Crippen LogP contribution in [-0.4, -0.2) is 16.7 Å². The highest BCUT2D eigenvalue weighted by atomic mass is 79.9. The average molecular weight is 355 g/mol. The number of thiazole rings is 1. The Morgan fingerprint density at radius 1 is 1.30 bits per heavy atom. The van der Waals surface area contributed by atoms with E-state index in [9.17, 15) is 4.79 Å². The van der Waals surface area contributed by atoms with Gasteiger partial charge in [-0.25, -0.2) is 9.78 Å². The second-order valence-corrected chi connectivity index (χ2v) is 7.41. The molecular weight excluding hydrogens is 340 g/mol. The predicted octanol–water partition coefficient (Wildman–Crippen LogP) is 4.92. The molecule has 20 heavy (non-hydrogen) atoms. The van der Waals surface area contributed by atoms with Gasteiger partial charge in [0.2, 0.25) is 0 Å². The summed E-state index contributed by atoms with van der Waals surface area (Å²) < 4.78 is 5.95. The number of carbonyl (C=O) groups is 1. The van der Waals surface area contributed by atoms with Gasteiger partial charge in [-0.3, -0.25) is 5.32 Å². The van der Waals surface area contributed by atoms with Crippen molar-refractivity contribution in [1.82, 2.24) is 4.98 Å². The highest BCUT2D eigenvalue weighted by Crippen LogP contribution is 2.36. The Hall–Kier alpha value is -1.40. The van der Waals surface area contributed by atoms with Gasteiger partial charge in [0.05, 0.1) is 4.88 Å². The Balaban J connectivity index is 2.23. The second kappa shape index (κ2) is 5.93. The van der Waals surface area contributed by atoms with Gasteiger partial charge in [0.1, 0.15) is 5.60 Å². The molecule has 1 heterocycles. The van der Waals surface area contributed by atoms with Crippen molar-refractivity contribution in [3.63, 3.8) is 0 Å². The first-order valence-corrected chi connectivity index (χ1v) is 7.68. The molecule has 0 spiro atoms. The molecule has 0 aliphatic rings. The summed E-state index contributed by atoms with van der Waals surface area (Å²) in [5.41, 5.74) is 0.464. The van der Waals surface area contributed by atoms with Crippen molar-refractivity contribution >= 4 is 39.2 Å². The van der Waals surface area contributed by atoms with Gasteiger partial charge < -0.3 is 4.74 Å². The maximum Gasteiger partial charge on any atom is 0.413 e. The number of nitrogens with one attached hydrogen (secondary N) is 1. The number of nitrogens with zero attached hydrogens (tertiary/aromatic N) is 1. The number of anilines is 1. The standard InChI is InChI=1S/C14H15BrN2O2S/c1-14(2,3)19-13(18)17-11-10(20-12(15)16-11)9-7-5-4-6-8-9/h4-8H,1-3H3,(H,17,18). The van der Waals surface area contributed by atoms with Crippen molar-refractivity contribution in [2.45, 2.75) is 26.4 Å². The lowest BCUT2D eigenvalue weighted by Crippen LogP contribution is -2.27. The highest BCUT2D eigenvalue weighted by molar-refractivity contribution is 9.11. The Morgan fingerprint density at radius 2 is 1.95 bits per heavy atom. The van der Waals surface area contributed by atoms with E-state index in [-0.39, 0.29) is 0 Å². The van der Waals surface area contributed by atoms with Gasteiger partial charge in [0.15, 0.2) is 9.73 Å². The van der Waals surface area contributed by atoms with Gasteiger partial charge in [-0.1, -0.05) is 30.3 Å². The van der Waals surface area contributed by atoms with Crippen LogP contribution in [0.3, 0.4) is 0 Å². The number of hydrogen-bond acceptors (Lipinski definition) is 4. The van der Waals surface area contributed by atoms with E-state index in [2.05, 4.69) is 26.2 Å². The summed E-state index contributed by atoms with van der Waals surface area (Å²) in [7, 11) is 0. The first-order chi connectivity index (χ1) is 9.35. The summed E-state index contributed by atoms with van der Waals surface area (Å²) in [4.78, 5) is 17.0. The molecule has 0 saturated heterocycles. The van der Waals surface area contributed by atoms with Crippen LogP contribution in [-0.2, 0) is 4.74 Å². The van der Waals surface area contributed by atoms with Crippen LogP contribution in [0.4, 0.5) is 10.6 Å². The summed E-state index contributed by atoms with van der Waals surface area (Å²) in [5, 5.41) is 2.69. The molecular formula is C14H15BrN2O2S. The van der Waals surface area contributed by atoms with Gasteiger partial charge in [-0.2, -0.15) is 0 Å². The first-order valence-electron chi connectivity index (χ1n) is 6.07. The maximum atomic E-state index is 11.8. The molecule has 1 aromatic heterocycles. The van der Waals surface area contributed by atoms with E-state index in [0.717, 1.165) is 10.4 Å². The Labute approximate surface area is 130 Å². The van der Waals surface area contributed by atoms with E-state index in [4.69, 9.17) is 4.74 Å². The minimum absolute atomic E-state index is 0.502. The lowest BCUT2D eigenvalue weighted by atomic mass is 10.2. The van der Waals surface area contributed by atoms with Crippen molar-refractivity contribution in [1.29, 1.82) is 0 Å². The molecule has 0 radical (unpaired) electrons. The van der Waals surface area contributed by atoms with Crippen LogP contribution >= 0.6 is 27.3 Å². The monoisotopic (exact) mass is 354 g/mol. The van der Waals surface area contributed by atoms with Crippen LogP contribution in [0.2, 0.25) is 0 Å². The highest BCUT2D eigenvalue weighted by Gasteiger charge is 2.19. The first kappa shape index (κ1) is 15.0. The van der Waals surface area contributed by atoms with E-state index in [1.807, 2.05) is 51.1 Å².